The van der Waals surface area contributed by atoms with Crippen LogP contribution < -0.4 is 0 Å². The lowest BCUT2D eigenvalue weighted by Gasteiger charge is -2.05. The second kappa shape index (κ2) is 5.38. The fraction of sp³-hybridized carbons (Fsp3) is 0. The van der Waals surface area contributed by atoms with Crippen LogP contribution in [-0.4, -0.2) is 9.97 Å². The molecule has 0 N–H and O–H groups in total. The Morgan fingerprint density at radius 2 is 1.89 bits per heavy atom. The summed E-state index contributed by atoms with van der Waals surface area (Å²) in [6.45, 7) is 0. The number of allylic oxidation sites excluding steroid dienone is 2. The first-order valence-electron chi connectivity index (χ1n) is 5.23. The van der Waals surface area contributed by atoms with Crippen molar-refractivity contribution in [1.82, 2.24) is 9.97 Å². The summed E-state index contributed by atoms with van der Waals surface area (Å²) < 4.78 is 0. The lowest BCUT2D eigenvalue weighted by molar-refractivity contribution is 1.24. The second-order valence-electron chi connectivity index (χ2n) is 3.41. The number of hydrogen-bond acceptors (Lipinski definition) is 4. The van der Waals surface area contributed by atoms with Gasteiger partial charge in [-0.25, -0.2) is 0 Å². The Kier molecular flexibility index (Phi) is 3.44. The minimum Gasteiger partial charge on any atom is -0.255 e. The third kappa shape index (κ3) is 2.23. The predicted molar refractivity (Wildman–Crippen MR) is 66.7 cm³/mol. The van der Waals surface area contributed by atoms with Crippen LogP contribution in [0.3, 0.4) is 0 Å². The van der Waals surface area contributed by atoms with Gasteiger partial charge in [0.05, 0.1) is 23.0 Å². The maximum absolute atomic E-state index is 9.06. The molecule has 0 saturated carbocycles. The molecule has 0 saturated heterocycles. The predicted octanol–water partition coefficient (Wildman–Crippen LogP) is 2.57. The molecule has 18 heavy (non-hydrogen) atoms. The van der Waals surface area contributed by atoms with Gasteiger partial charge in [-0.15, -0.1) is 0 Å². The number of pyridine rings is 2. The second-order valence-corrected chi connectivity index (χ2v) is 3.41. The highest BCUT2D eigenvalue weighted by Gasteiger charge is 2.10. The van der Waals surface area contributed by atoms with Gasteiger partial charge >= 0.3 is 0 Å². The van der Waals surface area contributed by atoms with Crippen molar-refractivity contribution in [3.05, 3.63) is 54.4 Å². The molecular formula is C14H8N4. The summed E-state index contributed by atoms with van der Waals surface area (Å²) in [6, 6.07) is 12.8. The van der Waals surface area contributed by atoms with E-state index in [9.17, 15) is 0 Å². The van der Waals surface area contributed by atoms with E-state index in [1.165, 1.54) is 6.08 Å². The molecule has 0 radical (unpaired) electrons. The van der Waals surface area contributed by atoms with Crippen molar-refractivity contribution in [2.24, 2.45) is 0 Å². The summed E-state index contributed by atoms with van der Waals surface area (Å²) in [7, 11) is 0. The molecule has 0 aliphatic heterocycles. The topological polar surface area (TPSA) is 73.4 Å². The molecule has 2 aromatic rings. The Bertz CT molecular complexity index is 660. The molecule has 0 unspecified atom stereocenters. The number of hydrogen-bond donors (Lipinski definition) is 0. The van der Waals surface area contributed by atoms with E-state index < -0.39 is 0 Å². The van der Waals surface area contributed by atoms with Crippen molar-refractivity contribution in [2.45, 2.75) is 0 Å². The van der Waals surface area contributed by atoms with Gasteiger partial charge in [-0.1, -0.05) is 6.07 Å². The van der Waals surface area contributed by atoms with Crippen LogP contribution in [0.15, 0.2) is 48.8 Å². The summed E-state index contributed by atoms with van der Waals surface area (Å²) in [5.74, 6) is 0. The van der Waals surface area contributed by atoms with Gasteiger partial charge in [0.15, 0.2) is 0 Å². The molecule has 0 amide bonds. The Hall–Kier alpha value is -2.98. The van der Waals surface area contributed by atoms with E-state index in [1.54, 1.807) is 24.5 Å². The van der Waals surface area contributed by atoms with E-state index in [0.29, 0.717) is 17.0 Å². The van der Waals surface area contributed by atoms with E-state index in [4.69, 9.17) is 10.5 Å². The molecule has 2 heterocycles. The fourth-order valence-corrected chi connectivity index (χ4v) is 1.56. The normalized spacial score (nSPS) is 10.4. The van der Waals surface area contributed by atoms with Crippen LogP contribution in [0.5, 0.6) is 0 Å². The number of nitrogens with zero attached hydrogens (tertiary/aromatic N) is 4. The van der Waals surface area contributed by atoms with Gasteiger partial charge in [-0.05, 0) is 24.3 Å². The molecule has 0 fully saturated rings. The highest BCUT2D eigenvalue weighted by molar-refractivity contribution is 5.85. The molecule has 4 nitrogen and oxygen atoms in total. The molecule has 0 aromatic carbocycles. The van der Waals surface area contributed by atoms with Crippen molar-refractivity contribution < 1.29 is 0 Å². The van der Waals surface area contributed by atoms with Crippen LogP contribution in [0.1, 0.15) is 5.56 Å². The SMILES string of the molecule is N#C/C=C(/C#N)c1cccnc1-c1ccccn1. The van der Waals surface area contributed by atoms with Crippen molar-refractivity contribution in [3.63, 3.8) is 0 Å². The van der Waals surface area contributed by atoms with Crippen molar-refractivity contribution in [3.8, 4) is 23.5 Å². The standard InChI is InChI=1S/C14H8N4/c15-7-6-11(10-16)12-4-3-9-18-14(12)13-5-1-2-8-17-13/h1-6,8-9H/b11-6-. The Morgan fingerprint density at radius 3 is 2.56 bits per heavy atom. The molecule has 0 spiro atoms. The Labute approximate surface area is 104 Å². The zero-order valence-electron chi connectivity index (χ0n) is 9.41. The fourth-order valence-electron chi connectivity index (χ4n) is 1.56. The average Bonchev–Trinajstić information content (AvgIpc) is 2.46. The van der Waals surface area contributed by atoms with Crippen LogP contribution in [0.2, 0.25) is 0 Å². The minimum absolute atomic E-state index is 0.284. The van der Waals surface area contributed by atoms with Gasteiger partial charge in [-0.3, -0.25) is 9.97 Å². The van der Waals surface area contributed by atoms with Crippen molar-refractivity contribution in [2.75, 3.05) is 0 Å². The molecule has 0 aliphatic rings. The molecule has 2 rings (SSSR count). The van der Waals surface area contributed by atoms with Crippen LogP contribution in [0, 0.1) is 22.7 Å². The summed E-state index contributed by atoms with van der Waals surface area (Å²) in [5.41, 5.74) is 2.17. The molecular weight excluding hydrogens is 224 g/mol. The van der Waals surface area contributed by atoms with Gasteiger partial charge in [-0.2, -0.15) is 10.5 Å². The van der Waals surface area contributed by atoms with E-state index in [2.05, 4.69) is 9.97 Å². The van der Waals surface area contributed by atoms with Crippen LogP contribution in [0.4, 0.5) is 0 Å². The largest absolute Gasteiger partial charge is 0.255 e. The quantitative estimate of drug-likeness (QED) is 0.746. The lowest BCUT2D eigenvalue weighted by atomic mass is 10.0. The average molecular weight is 232 g/mol. The third-order valence-corrected chi connectivity index (χ3v) is 2.33. The molecule has 0 bridgehead atoms. The van der Waals surface area contributed by atoms with Crippen LogP contribution >= 0.6 is 0 Å². The minimum atomic E-state index is 0.284. The van der Waals surface area contributed by atoms with Gasteiger partial charge < -0.3 is 0 Å². The maximum atomic E-state index is 9.06. The third-order valence-electron chi connectivity index (χ3n) is 2.33. The summed E-state index contributed by atoms with van der Waals surface area (Å²) in [6.07, 6.45) is 4.51. The van der Waals surface area contributed by atoms with Gasteiger partial charge in [0, 0.05) is 24.0 Å². The first-order valence-corrected chi connectivity index (χ1v) is 5.23. The summed E-state index contributed by atoms with van der Waals surface area (Å²) >= 11 is 0. The smallest absolute Gasteiger partial charge is 0.101 e. The lowest BCUT2D eigenvalue weighted by Crippen LogP contribution is -1.93. The van der Waals surface area contributed by atoms with E-state index >= 15 is 0 Å². The molecule has 0 atom stereocenters. The Balaban J connectivity index is 2.62. The zero-order chi connectivity index (χ0) is 12.8. The van der Waals surface area contributed by atoms with E-state index in [-0.39, 0.29) is 5.57 Å². The first-order chi connectivity index (χ1) is 8.86. The summed E-state index contributed by atoms with van der Waals surface area (Å²) in [5, 5.41) is 17.7. The highest BCUT2D eigenvalue weighted by Crippen LogP contribution is 2.24. The van der Waals surface area contributed by atoms with Crippen molar-refractivity contribution >= 4 is 5.57 Å². The maximum Gasteiger partial charge on any atom is 0.101 e. The van der Waals surface area contributed by atoms with Crippen LogP contribution in [0.25, 0.3) is 17.0 Å². The van der Waals surface area contributed by atoms with Gasteiger partial charge in [0.25, 0.3) is 0 Å². The number of aromatic nitrogens is 2. The first kappa shape index (κ1) is 11.5. The highest BCUT2D eigenvalue weighted by atomic mass is 14.8. The number of rotatable bonds is 2. The van der Waals surface area contributed by atoms with Gasteiger partial charge in [0.2, 0.25) is 0 Å². The van der Waals surface area contributed by atoms with E-state index in [1.807, 2.05) is 30.3 Å². The molecule has 4 heteroatoms. The monoisotopic (exact) mass is 232 g/mol. The summed E-state index contributed by atoms with van der Waals surface area (Å²) in [4.78, 5) is 8.44. The van der Waals surface area contributed by atoms with E-state index in [0.717, 1.165) is 0 Å². The van der Waals surface area contributed by atoms with Crippen molar-refractivity contribution in [1.29, 1.82) is 10.5 Å². The molecule has 2 aromatic heterocycles. The molecule has 84 valence electrons. The Morgan fingerprint density at radius 1 is 1.06 bits per heavy atom. The van der Waals surface area contributed by atoms with Crippen LogP contribution in [-0.2, 0) is 0 Å². The van der Waals surface area contributed by atoms with Gasteiger partial charge in [0.1, 0.15) is 6.07 Å². The molecule has 0 aliphatic carbocycles. The zero-order valence-corrected chi connectivity index (χ0v) is 9.41. The number of nitriles is 2.